The monoisotopic (exact) mass is 242 g/mol. The summed E-state index contributed by atoms with van der Waals surface area (Å²) in [7, 11) is 0. The van der Waals surface area contributed by atoms with Gasteiger partial charge in [-0.25, -0.2) is 4.79 Å². The van der Waals surface area contributed by atoms with E-state index >= 15 is 0 Å². The van der Waals surface area contributed by atoms with Crippen LogP contribution in [0.5, 0.6) is 0 Å². The molecule has 1 heterocycles. The highest BCUT2D eigenvalue weighted by atomic mass is 32.2. The zero-order valence-corrected chi connectivity index (χ0v) is 10.3. The lowest BCUT2D eigenvalue weighted by molar-refractivity contribution is -0.142. The predicted octanol–water partition coefficient (Wildman–Crippen LogP) is 1.12. The molecule has 0 fully saturated rings. The topological polar surface area (TPSA) is 72.1 Å². The van der Waals surface area contributed by atoms with Crippen molar-refractivity contribution < 1.29 is 9.53 Å². The molecule has 0 spiro atoms. The highest BCUT2D eigenvalue weighted by Gasteiger charge is 2.16. The van der Waals surface area contributed by atoms with Crippen LogP contribution in [0.2, 0.25) is 0 Å². The molecule has 0 aliphatic rings. The van der Waals surface area contributed by atoms with E-state index in [9.17, 15) is 9.59 Å². The maximum atomic E-state index is 11.4. The van der Waals surface area contributed by atoms with E-state index in [2.05, 4.69) is 9.97 Å². The van der Waals surface area contributed by atoms with Gasteiger partial charge in [-0.15, -0.1) is 0 Å². The fourth-order valence-electron chi connectivity index (χ4n) is 1.10. The summed E-state index contributed by atoms with van der Waals surface area (Å²) >= 11 is 1.21. The summed E-state index contributed by atoms with van der Waals surface area (Å²) in [5, 5.41) is 0.162. The lowest BCUT2D eigenvalue weighted by Gasteiger charge is -2.09. The summed E-state index contributed by atoms with van der Waals surface area (Å²) < 4.78 is 4.86. The molecular weight excluding hydrogens is 228 g/mol. The summed E-state index contributed by atoms with van der Waals surface area (Å²) in [4.78, 5) is 28.8. The highest BCUT2D eigenvalue weighted by molar-refractivity contribution is 8.00. The van der Waals surface area contributed by atoms with E-state index in [-0.39, 0.29) is 11.2 Å². The molecule has 0 aliphatic carbocycles. The zero-order valence-electron chi connectivity index (χ0n) is 9.44. The first-order chi connectivity index (χ1) is 7.52. The molecule has 0 saturated carbocycles. The number of H-pyrrole nitrogens is 1. The largest absolute Gasteiger partial charge is 0.465 e. The second kappa shape index (κ2) is 5.69. The lowest BCUT2D eigenvalue weighted by atomic mass is 10.5. The van der Waals surface area contributed by atoms with Gasteiger partial charge in [0.2, 0.25) is 0 Å². The molecule has 0 amide bonds. The number of aromatic amines is 1. The van der Waals surface area contributed by atoms with Crippen LogP contribution in [0.25, 0.3) is 0 Å². The van der Waals surface area contributed by atoms with Crippen molar-refractivity contribution in [2.24, 2.45) is 0 Å². The Kier molecular flexibility index (Phi) is 4.54. The SMILES string of the molecule is CCOC(=O)C(C)Sc1cc(C)[nH]c(=O)n1. The van der Waals surface area contributed by atoms with Crippen molar-refractivity contribution in [3.05, 3.63) is 22.2 Å². The Morgan fingerprint density at radius 1 is 1.69 bits per heavy atom. The number of hydrogen-bond donors (Lipinski definition) is 1. The number of nitrogens with one attached hydrogen (secondary N) is 1. The second-order valence-corrected chi connectivity index (χ2v) is 4.58. The number of esters is 1. The molecular formula is C10H14N2O3S. The van der Waals surface area contributed by atoms with Crippen molar-refractivity contribution in [2.45, 2.75) is 31.0 Å². The van der Waals surface area contributed by atoms with Crippen molar-refractivity contribution in [1.82, 2.24) is 9.97 Å². The van der Waals surface area contributed by atoms with Crippen molar-refractivity contribution >= 4 is 17.7 Å². The number of aryl methyl sites for hydroxylation is 1. The third kappa shape index (κ3) is 3.69. The standard InChI is InChI=1S/C10H14N2O3S/c1-4-15-9(13)7(3)16-8-5-6(2)11-10(14)12-8/h5,7H,4H2,1-3H3,(H,11,12,14). The van der Waals surface area contributed by atoms with Crippen LogP contribution in [0, 0.1) is 6.92 Å². The molecule has 1 aromatic heterocycles. The van der Waals surface area contributed by atoms with Gasteiger partial charge in [-0.1, -0.05) is 11.8 Å². The number of rotatable bonds is 4. The van der Waals surface area contributed by atoms with Crippen molar-refractivity contribution in [1.29, 1.82) is 0 Å². The highest BCUT2D eigenvalue weighted by Crippen LogP contribution is 2.21. The molecule has 0 radical (unpaired) electrons. The molecule has 1 rings (SSSR count). The minimum Gasteiger partial charge on any atom is -0.465 e. The van der Waals surface area contributed by atoms with E-state index in [0.717, 1.165) is 5.69 Å². The van der Waals surface area contributed by atoms with E-state index in [0.29, 0.717) is 11.6 Å². The fraction of sp³-hybridized carbons (Fsp3) is 0.500. The third-order valence-corrected chi connectivity index (χ3v) is 2.77. The van der Waals surface area contributed by atoms with Gasteiger partial charge in [0, 0.05) is 5.69 Å². The number of thioether (sulfide) groups is 1. The molecule has 88 valence electrons. The molecule has 0 aliphatic heterocycles. The molecule has 5 nitrogen and oxygen atoms in total. The number of hydrogen-bond acceptors (Lipinski definition) is 5. The van der Waals surface area contributed by atoms with Gasteiger partial charge in [0.15, 0.2) is 0 Å². The Labute approximate surface area is 97.6 Å². The normalized spacial score (nSPS) is 12.2. The van der Waals surface area contributed by atoms with Crippen LogP contribution in [0.1, 0.15) is 19.5 Å². The second-order valence-electron chi connectivity index (χ2n) is 3.22. The summed E-state index contributed by atoms with van der Waals surface area (Å²) in [6.45, 7) is 5.60. The van der Waals surface area contributed by atoms with Gasteiger partial charge in [-0.05, 0) is 26.8 Å². The maximum Gasteiger partial charge on any atom is 0.346 e. The molecule has 1 unspecified atom stereocenters. The number of carbonyl (C=O) groups is 1. The van der Waals surface area contributed by atoms with Gasteiger partial charge < -0.3 is 9.72 Å². The van der Waals surface area contributed by atoms with E-state index < -0.39 is 5.69 Å². The Bertz CT molecular complexity index is 430. The quantitative estimate of drug-likeness (QED) is 0.486. The molecule has 6 heteroatoms. The molecule has 1 aromatic rings. The Hall–Kier alpha value is -1.30. The van der Waals surface area contributed by atoms with Crippen LogP contribution in [0.3, 0.4) is 0 Å². The lowest BCUT2D eigenvalue weighted by Crippen LogP contribution is -2.18. The van der Waals surface area contributed by atoms with E-state index in [1.807, 2.05) is 0 Å². The van der Waals surface area contributed by atoms with Gasteiger partial charge in [0.05, 0.1) is 6.61 Å². The molecule has 0 aromatic carbocycles. The summed E-state index contributed by atoms with van der Waals surface area (Å²) in [5.41, 5.74) is 0.317. The minimum atomic E-state index is -0.404. The summed E-state index contributed by atoms with van der Waals surface area (Å²) in [6, 6.07) is 1.72. The Morgan fingerprint density at radius 2 is 2.38 bits per heavy atom. The first-order valence-corrected chi connectivity index (χ1v) is 5.82. The van der Waals surface area contributed by atoms with Crippen molar-refractivity contribution in [3.63, 3.8) is 0 Å². The minimum absolute atomic E-state index is 0.299. The Morgan fingerprint density at radius 3 is 2.94 bits per heavy atom. The predicted molar refractivity (Wildman–Crippen MR) is 61.5 cm³/mol. The van der Waals surface area contributed by atoms with E-state index in [1.54, 1.807) is 26.8 Å². The van der Waals surface area contributed by atoms with Gasteiger partial charge in [0.25, 0.3) is 0 Å². The van der Waals surface area contributed by atoms with Crippen LogP contribution >= 0.6 is 11.8 Å². The zero-order chi connectivity index (χ0) is 12.1. The average Bonchev–Trinajstić information content (AvgIpc) is 2.16. The molecule has 16 heavy (non-hydrogen) atoms. The van der Waals surface area contributed by atoms with Gasteiger partial charge in [0.1, 0.15) is 10.3 Å². The van der Waals surface area contributed by atoms with Gasteiger partial charge >= 0.3 is 11.7 Å². The average molecular weight is 242 g/mol. The summed E-state index contributed by atoms with van der Waals surface area (Å²) in [5.74, 6) is -0.299. The summed E-state index contributed by atoms with van der Waals surface area (Å²) in [6.07, 6.45) is 0. The first kappa shape index (κ1) is 12.8. The molecule has 1 atom stereocenters. The van der Waals surface area contributed by atoms with Gasteiger partial charge in [-0.2, -0.15) is 4.98 Å². The van der Waals surface area contributed by atoms with Crippen LogP contribution in [-0.2, 0) is 9.53 Å². The molecule has 0 saturated heterocycles. The van der Waals surface area contributed by atoms with Crippen LogP contribution in [0.4, 0.5) is 0 Å². The van der Waals surface area contributed by atoms with E-state index in [1.165, 1.54) is 11.8 Å². The number of aromatic nitrogens is 2. The van der Waals surface area contributed by atoms with E-state index in [4.69, 9.17) is 4.74 Å². The van der Waals surface area contributed by atoms with Crippen LogP contribution in [-0.4, -0.2) is 27.8 Å². The smallest absolute Gasteiger partial charge is 0.346 e. The van der Waals surface area contributed by atoms with Crippen LogP contribution in [0.15, 0.2) is 15.9 Å². The fourth-order valence-corrected chi connectivity index (χ4v) is 2.01. The molecule has 1 N–H and O–H groups in total. The third-order valence-electron chi connectivity index (χ3n) is 1.77. The van der Waals surface area contributed by atoms with Crippen LogP contribution < -0.4 is 5.69 Å². The number of ether oxygens (including phenoxy) is 1. The Balaban J connectivity index is 2.72. The molecule has 0 bridgehead atoms. The maximum absolute atomic E-state index is 11.4. The van der Waals surface area contributed by atoms with Crippen molar-refractivity contribution in [2.75, 3.05) is 6.61 Å². The van der Waals surface area contributed by atoms with Crippen molar-refractivity contribution in [3.8, 4) is 0 Å². The number of nitrogens with zero attached hydrogens (tertiary/aromatic N) is 1. The number of carbonyl (C=O) groups excluding carboxylic acids is 1. The van der Waals surface area contributed by atoms with Gasteiger partial charge in [-0.3, -0.25) is 4.79 Å². The first-order valence-electron chi connectivity index (χ1n) is 4.94.